The first-order valence-electron chi connectivity index (χ1n) is 7.29. The fourth-order valence-corrected chi connectivity index (χ4v) is 4.82. The first-order chi connectivity index (χ1) is 9.97. The van der Waals surface area contributed by atoms with Gasteiger partial charge in [-0.2, -0.15) is 0 Å². The third-order valence-corrected chi connectivity index (χ3v) is 6.18. The van der Waals surface area contributed by atoms with Crippen molar-refractivity contribution in [2.45, 2.75) is 36.2 Å². The Hall–Kier alpha value is -1.40. The molecule has 1 aromatic rings. The van der Waals surface area contributed by atoms with E-state index in [1.807, 2.05) is 19.2 Å². The summed E-state index contributed by atoms with van der Waals surface area (Å²) in [6, 6.07) is 7.51. The molecule has 0 saturated carbocycles. The molecule has 0 bridgehead atoms. The van der Waals surface area contributed by atoms with E-state index in [2.05, 4.69) is 5.32 Å². The molecule has 2 atom stereocenters. The minimum Gasteiger partial charge on any atom is -0.344 e. The summed E-state index contributed by atoms with van der Waals surface area (Å²) in [5.41, 5.74) is 0.864. The van der Waals surface area contributed by atoms with Gasteiger partial charge in [-0.05, 0) is 24.5 Å². The fraction of sp³-hybridized carbons (Fsp3) is 0.533. The number of piperidine rings is 1. The lowest BCUT2D eigenvalue weighted by Gasteiger charge is -2.35. The van der Waals surface area contributed by atoms with Crippen LogP contribution in [0.1, 0.15) is 30.9 Å². The number of hydrogen-bond acceptors (Lipinski definition) is 4. The van der Waals surface area contributed by atoms with Crippen LogP contribution in [0, 0.1) is 0 Å². The summed E-state index contributed by atoms with van der Waals surface area (Å²) in [6.07, 6.45) is 1.96. The van der Waals surface area contributed by atoms with Crippen molar-refractivity contribution >= 4 is 15.7 Å². The summed E-state index contributed by atoms with van der Waals surface area (Å²) >= 11 is 0. The molecular weight excluding hydrogens is 288 g/mol. The van der Waals surface area contributed by atoms with Crippen LogP contribution in [0.15, 0.2) is 29.2 Å². The number of nitrogens with zero attached hydrogens (tertiary/aromatic N) is 1. The molecule has 0 spiro atoms. The van der Waals surface area contributed by atoms with E-state index in [1.165, 1.54) is 0 Å². The van der Waals surface area contributed by atoms with Crippen LogP contribution in [0.4, 0.5) is 0 Å². The Balaban J connectivity index is 1.80. The molecule has 1 aromatic carbocycles. The van der Waals surface area contributed by atoms with Crippen LogP contribution >= 0.6 is 0 Å². The minimum absolute atomic E-state index is 0.0522. The van der Waals surface area contributed by atoms with E-state index in [0.29, 0.717) is 24.3 Å². The molecule has 2 heterocycles. The number of carbonyl (C=O) groups excluding carboxylic acids is 1. The van der Waals surface area contributed by atoms with E-state index in [-0.39, 0.29) is 23.7 Å². The fourth-order valence-electron chi connectivity index (χ4n) is 3.20. The molecule has 1 saturated heterocycles. The van der Waals surface area contributed by atoms with Gasteiger partial charge in [-0.15, -0.1) is 0 Å². The van der Waals surface area contributed by atoms with Crippen molar-refractivity contribution in [2.75, 3.05) is 19.3 Å². The lowest BCUT2D eigenvalue weighted by Crippen LogP contribution is -2.48. The van der Waals surface area contributed by atoms with Crippen LogP contribution in [0.3, 0.4) is 0 Å². The molecule has 1 N–H and O–H groups in total. The number of likely N-dealkylation sites (N-methyl/N-ethyl adjacent to an activating group) is 1. The van der Waals surface area contributed by atoms with Gasteiger partial charge in [0.1, 0.15) is 0 Å². The molecule has 0 aliphatic carbocycles. The number of fused-ring (bicyclic) bond motifs is 1. The van der Waals surface area contributed by atoms with Crippen molar-refractivity contribution in [1.29, 1.82) is 0 Å². The van der Waals surface area contributed by atoms with Crippen molar-refractivity contribution in [2.24, 2.45) is 0 Å². The van der Waals surface area contributed by atoms with Crippen LogP contribution in [0.5, 0.6) is 0 Å². The Morgan fingerprint density at radius 3 is 2.76 bits per heavy atom. The van der Waals surface area contributed by atoms with Crippen molar-refractivity contribution in [3.63, 3.8) is 0 Å². The monoisotopic (exact) mass is 308 g/mol. The molecule has 0 aromatic heterocycles. The number of amides is 1. The van der Waals surface area contributed by atoms with Gasteiger partial charge in [0.15, 0.2) is 9.84 Å². The first kappa shape index (κ1) is 14.5. The summed E-state index contributed by atoms with van der Waals surface area (Å²) in [6.45, 7) is 0.685. The van der Waals surface area contributed by atoms with Crippen molar-refractivity contribution in [1.82, 2.24) is 10.2 Å². The predicted octanol–water partition coefficient (Wildman–Crippen LogP) is 1.12. The third-order valence-electron chi connectivity index (χ3n) is 4.37. The van der Waals surface area contributed by atoms with Gasteiger partial charge in [0.05, 0.1) is 10.6 Å². The number of hydrogen-bond donors (Lipinski definition) is 1. The second kappa shape index (κ2) is 5.42. The minimum atomic E-state index is -3.14. The van der Waals surface area contributed by atoms with Crippen LogP contribution in [0.2, 0.25) is 0 Å². The topological polar surface area (TPSA) is 66.5 Å². The molecule has 2 unspecified atom stereocenters. The number of benzene rings is 1. The Morgan fingerprint density at radius 2 is 2.00 bits per heavy atom. The predicted molar refractivity (Wildman–Crippen MR) is 79.6 cm³/mol. The standard InChI is InChI=1S/C15H20N2O3S/c1-17-10-11(6-7-15(17)18)16-13-8-9-21(19,20)14-5-3-2-4-12(13)14/h2-5,11,13,16H,6-10H2,1H3. The van der Waals surface area contributed by atoms with Gasteiger partial charge in [-0.25, -0.2) is 8.42 Å². The van der Waals surface area contributed by atoms with E-state index in [9.17, 15) is 13.2 Å². The van der Waals surface area contributed by atoms with Gasteiger partial charge in [0.2, 0.25) is 5.91 Å². The van der Waals surface area contributed by atoms with Gasteiger partial charge in [-0.1, -0.05) is 18.2 Å². The molecule has 21 heavy (non-hydrogen) atoms. The summed E-state index contributed by atoms with van der Waals surface area (Å²) in [5, 5.41) is 3.54. The number of carbonyl (C=O) groups is 1. The van der Waals surface area contributed by atoms with Gasteiger partial charge >= 0.3 is 0 Å². The van der Waals surface area contributed by atoms with Crippen LogP contribution in [-0.4, -0.2) is 44.6 Å². The Morgan fingerprint density at radius 1 is 1.24 bits per heavy atom. The highest BCUT2D eigenvalue weighted by Gasteiger charge is 2.32. The zero-order valence-electron chi connectivity index (χ0n) is 12.1. The highest BCUT2D eigenvalue weighted by molar-refractivity contribution is 7.91. The maximum absolute atomic E-state index is 12.1. The Bertz CT molecular complexity index is 657. The van der Waals surface area contributed by atoms with Crippen molar-refractivity contribution in [3.05, 3.63) is 29.8 Å². The summed E-state index contributed by atoms with van der Waals surface area (Å²) < 4.78 is 24.3. The molecule has 5 nitrogen and oxygen atoms in total. The van der Waals surface area contributed by atoms with E-state index in [4.69, 9.17) is 0 Å². The highest BCUT2D eigenvalue weighted by Crippen LogP contribution is 2.32. The Kier molecular flexibility index (Phi) is 3.75. The van der Waals surface area contributed by atoms with E-state index >= 15 is 0 Å². The van der Waals surface area contributed by atoms with Crippen molar-refractivity contribution < 1.29 is 13.2 Å². The van der Waals surface area contributed by atoms with E-state index in [0.717, 1.165) is 12.0 Å². The van der Waals surface area contributed by atoms with Crippen molar-refractivity contribution in [3.8, 4) is 0 Å². The largest absolute Gasteiger partial charge is 0.344 e. The van der Waals surface area contributed by atoms with Gasteiger partial charge in [0, 0.05) is 32.1 Å². The lowest BCUT2D eigenvalue weighted by molar-refractivity contribution is -0.132. The molecule has 3 rings (SSSR count). The lowest BCUT2D eigenvalue weighted by atomic mass is 9.99. The number of likely N-dealkylation sites (tertiary alicyclic amines) is 1. The molecule has 1 amide bonds. The molecule has 114 valence electrons. The van der Waals surface area contributed by atoms with Gasteiger partial charge < -0.3 is 10.2 Å². The maximum atomic E-state index is 12.1. The van der Waals surface area contributed by atoms with Crippen LogP contribution < -0.4 is 5.32 Å². The molecule has 1 fully saturated rings. The smallest absolute Gasteiger partial charge is 0.222 e. The average molecular weight is 308 g/mol. The summed E-state index contributed by atoms with van der Waals surface area (Å²) in [7, 11) is -1.32. The SMILES string of the molecule is CN1CC(NC2CCS(=O)(=O)c3ccccc32)CCC1=O. The molecular formula is C15H20N2O3S. The number of rotatable bonds is 2. The van der Waals surface area contributed by atoms with E-state index < -0.39 is 9.84 Å². The third kappa shape index (κ3) is 2.82. The molecule has 2 aliphatic heterocycles. The summed E-state index contributed by atoms with van der Waals surface area (Å²) in [5.74, 6) is 0.364. The first-order valence-corrected chi connectivity index (χ1v) is 8.94. The Labute approximate surface area is 125 Å². The molecule has 6 heteroatoms. The average Bonchev–Trinajstić information content (AvgIpc) is 2.46. The number of nitrogens with one attached hydrogen (secondary N) is 1. The number of sulfone groups is 1. The zero-order chi connectivity index (χ0) is 15.0. The van der Waals surface area contributed by atoms with E-state index in [1.54, 1.807) is 17.0 Å². The maximum Gasteiger partial charge on any atom is 0.222 e. The van der Waals surface area contributed by atoms with Crippen LogP contribution in [0.25, 0.3) is 0 Å². The van der Waals surface area contributed by atoms with Gasteiger partial charge in [0.25, 0.3) is 0 Å². The normalized spacial score (nSPS) is 28.2. The second-order valence-corrected chi connectivity index (χ2v) is 7.95. The summed E-state index contributed by atoms with van der Waals surface area (Å²) in [4.78, 5) is 13.7. The zero-order valence-corrected chi connectivity index (χ0v) is 12.9. The molecule has 2 aliphatic rings. The second-order valence-electron chi connectivity index (χ2n) is 5.87. The molecule has 0 radical (unpaired) electrons. The highest BCUT2D eigenvalue weighted by atomic mass is 32.2. The quantitative estimate of drug-likeness (QED) is 0.889. The van der Waals surface area contributed by atoms with Gasteiger partial charge in [-0.3, -0.25) is 4.79 Å². The van der Waals surface area contributed by atoms with Crippen LogP contribution in [-0.2, 0) is 14.6 Å².